The number of rotatable bonds is 7. The van der Waals surface area contributed by atoms with Crippen molar-refractivity contribution in [3.63, 3.8) is 0 Å². The topological polar surface area (TPSA) is 81.7 Å². The van der Waals surface area contributed by atoms with E-state index in [1.54, 1.807) is 54.6 Å². The number of methoxy groups -OCH3 is 1. The monoisotopic (exact) mass is 327 g/mol. The quantitative estimate of drug-likeness (QED) is 0.620. The first-order valence-corrected chi connectivity index (χ1v) is 7.26. The first kappa shape index (κ1) is 17.2. The fourth-order valence-electron chi connectivity index (χ4n) is 1.90. The predicted octanol–water partition coefficient (Wildman–Crippen LogP) is 1.85. The lowest BCUT2D eigenvalue weighted by atomic mass is 10.1. The molecule has 0 bridgehead atoms. The predicted molar refractivity (Wildman–Crippen MR) is 87.1 cm³/mol. The molecule has 24 heavy (non-hydrogen) atoms. The fraction of sp³-hybridized carbons (Fsp3) is 0.167. The van der Waals surface area contributed by atoms with Crippen molar-refractivity contribution >= 4 is 17.7 Å². The maximum absolute atomic E-state index is 11.9. The van der Waals surface area contributed by atoms with Gasteiger partial charge in [0.15, 0.2) is 12.4 Å². The van der Waals surface area contributed by atoms with E-state index >= 15 is 0 Å². The van der Waals surface area contributed by atoms with Gasteiger partial charge in [-0.1, -0.05) is 30.3 Å². The number of amides is 1. The molecule has 0 fully saturated rings. The van der Waals surface area contributed by atoms with E-state index in [1.807, 2.05) is 0 Å². The molecule has 0 unspecified atom stereocenters. The molecule has 2 rings (SSSR count). The molecule has 0 radical (unpaired) electrons. The summed E-state index contributed by atoms with van der Waals surface area (Å²) in [6.45, 7) is -0.672. The van der Waals surface area contributed by atoms with Crippen molar-refractivity contribution in [2.24, 2.45) is 0 Å². The average Bonchev–Trinajstić information content (AvgIpc) is 2.64. The Bertz CT molecular complexity index is 710. The number of hydrogen-bond acceptors (Lipinski definition) is 5. The van der Waals surface area contributed by atoms with Gasteiger partial charge in [0.05, 0.1) is 7.11 Å². The second kappa shape index (κ2) is 8.47. The molecule has 0 heterocycles. The summed E-state index contributed by atoms with van der Waals surface area (Å²) in [6, 6.07) is 15.0. The van der Waals surface area contributed by atoms with Crippen LogP contribution in [0.4, 0.5) is 0 Å². The molecule has 6 heteroatoms. The third-order valence-corrected chi connectivity index (χ3v) is 3.21. The van der Waals surface area contributed by atoms with Gasteiger partial charge in [0.2, 0.25) is 0 Å². The second-order valence-corrected chi connectivity index (χ2v) is 4.86. The molecule has 0 aromatic heterocycles. The molecule has 1 amide bonds. The van der Waals surface area contributed by atoms with Crippen LogP contribution in [0.1, 0.15) is 20.7 Å². The highest BCUT2D eigenvalue weighted by molar-refractivity contribution is 5.98. The van der Waals surface area contributed by atoms with Gasteiger partial charge >= 0.3 is 5.97 Å². The van der Waals surface area contributed by atoms with Crippen molar-refractivity contribution in [3.05, 3.63) is 65.7 Å². The smallest absolute Gasteiger partial charge is 0.325 e. The molecule has 0 aliphatic rings. The number of Topliss-reactive ketones (excluding diaryl/α,β-unsaturated/α-hetero) is 1. The van der Waals surface area contributed by atoms with Gasteiger partial charge in [-0.2, -0.15) is 0 Å². The maximum Gasteiger partial charge on any atom is 0.325 e. The molecular weight excluding hydrogens is 310 g/mol. The second-order valence-electron chi connectivity index (χ2n) is 4.86. The molecule has 0 saturated heterocycles. The average molecular weight is 327 g/mol. The fourth-order valence-corrected chi connectivity index (χ4v) is 1.90. The third-order valence-electron chi connectivity index (χ3n) is 3.21. The van der Waals surface area contributed by atoms with Gasteiger partial charge in [0, 0.05) is 11.1 Å². The van der Waals surface area contributed by atoms with Gasteiger partial charge in [0.1, 0.15) is 12.3 Å². The van der Waals surface area contributed by atoms with Crippen molar-refractivity contribution in [1.82, 2.24) is 5.32 Å². The summed E-state index contributed by atoms with van der Waals surface area (Å²) < 4.78 is 9.86. The molecule has 0 aliphatic heterocycles. The van der Waals surface area contributed by atoms with Crippen LogP contribution in [0.25, 0.3) is 0 Å². The van der Waals surface area contributed by atoms with Gasteiger partial charge < -0.3 is 14.8 Å². The van der Waals surface area contributed by atoms with Crippen LogP contribution in [-0.4, -0.2) is 37.9 Å². The van der Waals surface area contributed by atoms with Gasteiger partial charge in [-0.3, -0.25) is 14.4 Å². The lowest BCUT2D eigenvalue weighted by Gasteiger charge is -2.07. The number of benzene rings is 2. The number of ketones is 1. The Kier molecular flexibility index (Phi) is 6.08. The van der Waals surface area contributed by atoms with E-state index < -0.39 is 11.9 Å². The van der Waals surface area contributed by atoms with Crippen molar-refractivity contribution in [2.75, 3.05) is 20.3 Å². The van der Waals surface area contributed by atoms with Crippen LogP contribution in [0.15, 0.2) is 54.6 Å². The highest BCUT2D eigenvalue weighted by Gasteiger charge is 2.12. The Balaban J connectivity index is 1.76. The van der Waals surface area contributed by atoms with Gasteiger partial charge in [0.25, 0.3) is 5.91 Å². The molecule has 2 aromatic carbocycles. The molecule has 0 saturated carbocycles. The highest BCUT2D eigenvalue weighted by Crippen LogP contribution is 2.10. The summed E-state index contributed by atoms with van der Waals surface area (Å²) in [5.74, 6) is -0.763. The van der Waals surface area contributed by atoms with Crippen LogP contribution in [0, 0.1) is 0 Å². The van der Waals surface area contributed by atoms with Crippen LogP contribution in [0.3, 0.4) is 0 Å². The summed E-state index contributed by atoms with van der Waals surface area (Å²) in [4.78, 5) is 35.3. The standard InChI is InChI=1S/C18H17NO5/c1-23-15-9-7-14(8-10-15)18(22)19-11-17(21)24-12-16(20)13-5-3-2-4-6-13/h2-10H,11-12H2,1H3,(H,19,22). The summed E-state index contributed by atoms with van der Waals surface area (Å²) in [6.07, 6.45) is 0. The minimum Gasteiger partial charge on any atom is -0.497 e. The SMILES string of the molecule is COc1ccc(C(=O)NCC(=O)OCC(=O)c2ccccc2)cc1. The number of carbonyl (C=O) groups excluding carboxylic acids is 3. The highest BCUT2D eigenvalue weighted by atomic mass is 16.5. The molecular formula is C18H17NO5. The number of carbonyl (C=O) groups is 3. The number of hydrogen-bond donors (Lipinski definition) is 1. The Hall–Kier alpha value is -3.15. The minimum atomic E-state index is -0.679. The van der Waals surface area contributed by atoms with Crippen LogP contribution in [0.2, 0.25) is 0 Å². The zero-order valence-electron chi connectivity index (χ0n) is 13.2. The molecule has 1 N–H and O–H groups in total. The first-order valence-electron chi connectivity index (χ1n) is 7.26. The maximum atomic E-state index is 11.9. The Morgan fingerprint density at radius 1 is 0.917 bits per heavy atom. The van der Waals surface area contributed by atoms with E-state index in [-0.39, 0.29) is 18.9 Å². The van der Waals surface area contributed by atoms with Crippen molar-refractivity contribution < 1.29 is 23.9 Å². The number of esters is 1. The molecule has 0 aliphatic carbocycles. The van der Waals surface area contributed by atoms with E-state index in [2.05, 4.69) is 5.32 Å². The van der Waals surface area contributed by atoms with Crippen LogP contribution in [0.5, 0.6) is 5.75 Å². The van der Waals surface area contributed by atoms with E-state index in [0.717, 1.165) is 0 Å². The molecule has 6 nitrogen and oxygen atoms in total. The van der Waals surface area contributed by atoms with E-state index in [0.29, 0.717) is 16.9 Å². The van der Waals surface area contributed by atoms with Gasteiger partial charge in [-0.25, -0.2) is 0 Å². The van der Waals surface area contributed by atoms with Crippen LogP contribution < -0.4 is 10.1 Å². The zero-order valence-corrected chi connectivity index (χ0v) is 13.2. The Morgan fingerprint density at radius 2 is 1.58 bits per heavy atom. The molecule has 2 aromatic rings. The summed E-state index contributed by atoms with van der Waals surface area (Å²) in [5.41, 5.74) is 0.858. The van der Waals surface area contributed by atoms with Gasteiger partial charge in [-0.15, -0.1) is 0 Å². The van der Waals surface area contributed by atoms with E-state index in [9.17, 15) is 14.4 Å². The van der Waals surface area contributed by atoms with Crippen molar-refractivity contribution in [2.45, 2.75) is 0 Å². The Labute approximate surface area is 139 Å². The van der Waals surface area contributed by atoms with E-state index in [4.69, 9.17) is 9.47 Å². The van der Waals surface area contributed by atoms with Crippen molar-refractivity contribution in [3.8, 4) is 5.75 Å². The number of ether oxygens (including phenoxy) is 2. The zero-order chi connectivity index (χ0) is 17.4. The normalized spacial score (nSPS) is 9.88. The lowest BCUT2D eigenvalue weighted by Crippen LogP contribution is -2.31. The summed E-state index contributed by atoms with van der Waals surface area (Å²) >= 11 is 0. The summed E-state index contributed by atoms with van der Waals surface area (Å²) in [7, 11) is 1.53. The Morgan fingerprint density at radius 3 is 2.21 bits per heavy atom. The first-order chi connectivity index (χ1) is 11.6. The third kappa shape index (κ3) is 4.95. The van der Waals surface area contributed by atoms with Gasteiger partial charge in [-0.05, 0) is 24.3 Å². The molecule has 0 spiro atoms. The van der Waals surface area contributed by atoms with Crippen molar-refractivity contribution in [1.29, 1.82) is 0 Å². The molecule has 124 valence electrons. The summed E-state index contributed by atoms with van der Waals surface area (Å²) in [5, 5.41) is 2.43. The van der Waals surface area contributed by atoms with Crippen LogP contribution in [-0.2, 0) is 9.53 Å². The lowest BCUT2D eigenvalue weighted by molar-refractivity contribution is -0.141. The largest absolute Gasteiger partial charge is 0.497 e. The van der Waals surface area contributed by atoms with Crippen LogP contribution >= 0.6 is 0 Å². The number of nitrogens with one attached hydrogen (secondary N) is 1. The minimum absolute atomic E-state index is 0.301. The molecule has 0 atom stereocenters. The van der Waals surface area contributed by atoms with E-state index in [1.165, 1.54) is 7.11 Å².